The summed E-state index contributed by atoms with van der Waals surface area (Å²) in [6, 6.07) is 7.13. The number of benzene rings is 1. The molecule has 1 saturated heterocycles. The molecule has 0 saturated carbocycles. The molecule has 1 aromatic carbocycles. The first kappa shape index (κ1) is 18.7. The molecule has 132 valence electrons. The molecule has 1 aromatic rings. The maximum atomic E-state index is 12.0. The zero-order chi connectivity index (χ0) is 17.5. The number of hydrogen-bond donors (Lipinski definition) is 2. The average Bonchev–Trinajstić information content (AvgIpc) is 2.55. The molecule has 2 rings (SSSR count). The van der Waals surface area contributed by atoms with Gasteiger partial charge in [0, 0.05) is 45.2 Å². The van der Waals surface area contributed by atoms with Crippen LogP contribution in [0.15, 0.2) is 24.3 Å². The minimum Gasteiger partial charge on any atom is -0.354 e. The van der Waals surface area contributed by atoms with Gasteiger partial charge in [0.05, 0.1) is 10.6 Å². The highest BCUT2D eigenvalue weighted by Crippen LogP contribution is 2.14. The van der Waals surface area contributed by atoms with E-state index in [-0.39, 0.29) is 17.9 Å². The maximum absolute atomic E-state index is 12.0. The van der Waals surface area contributed by atoms with E-state index in [1.807, 2.05) is 0 Å². The van der Waals surface area contributed by atoms with E-state index >= 15 is 0 Å². The molecule has 0 unspecified atom stereocenters. The molecular formula is C17H25ClN4O2. The maximum Gasteiger partial charge on any atom is 0.252 e. The van der Waals surface area contributed by atoms with Crippen molar-refractivity contribution >= 4 is 23.4 Å². The van der Waals surface area contributed by atoms with Gasteiger partial charge in [-0.25, -0.2) is 0 Å². The smallest absolute Gasteiger partial charge is 0.252 e. The summed E-state index contributed by atoms with van der Waals surface area (Å²) in [5.74, 6) is -0.224. The number of amides is 2. The predicted molar refractivity (Wildman–Crippen MR) is 95.3 cm³/mol. The van der Waals surface area contributed by atoms with Crippen LogP contribution in [-0.2, 0) is 4.79 Å². The Kier molecular flexibility index (Phi) is 7.02. The number of carbonyl (C=O) groups is 2. The Balaban J connectivity index is 1.67. The van der Waals surface area contributed by atoms with Crippen molar-refractivity contribution in [1.82, 2.24) is 20.4 Å². The van der Waals surface area contributed by atoms with Crippen molar-refractivity contribution in [3.8, 4) is 0 Å². The molecule has 1 heterocycles. The lowest BCUT2D eigenvalue weighted by Crippen LogP contribution is -2.51. The summed E-state index contributed by atoms with van der Waals surface area (Å²) in [5.41, 5.74) is 0.442. The predicted octanol–water partition coefficient (Wildman–Crippen LogP) is 0.822. The second kappa shape index (κ2) is 9.01. The highest BCUT2D eigenvalue weighted by Gasteiger charge is 2.24. The molecule has 0 spiro atoms. The number of halogens is 1. The zero-order valence-electron chi connectivity index (χ0n) is 14.2. The van der Waals surface area contributed by atoms with Crippen LogP contribution in [0.5, 0.6) is 0 Å². The van der Waals surface area contributed by atoms with Crippen LogP contribution < -0.4 is 10.6 Å². The molecule has 1 aliphatic rings. The van der Waals surface area contributed by atoms with Gasteiger partial charge in [0.25, 0.3) is 5.91 Å². The molecule has 2 amide bonds. The van der Waals surface area contributed by atoms with E-state index in [1.54, 1.807) is 24.3 Å². The van der Waals surface area contributed by atoms with Gasteiger partial charge in [-0.15, -0.1) is 0 Å². The van der Waals surface area contributed by atoms with Crippen molar-refractivity contribution in [1.29, 1.82) is 0 Å². The van der Waals surface area contributed by atoms with Crippen LogP contribution in [0.2, 0.25) is 5.02 Å². The van der Waals surface area contributed by atoms with Crippen molar-refractivity contribution < 1.29 is 9.59 Å². The van der Waals surface area contributed by atoms with Crippen LogP contribution in [0, 0.1) is 0 Å². The second-order valence-electron chi connectivity index (χ2n) is 6.19. The Hall–Kier alpha value is -1.63. The third-order valence-corrected chi connectivity index (χ3v) is 4.58. The van der Waals surface area contributed by atoms with Gasteiger partial charge in [0.2, 0.25) is 5.91 Å². The first-order chi connectivity index (χ1) is 11.5. The van der Waals surface area contributed by atoms with Crippen LogP contribution in [0.3, 0.4) is 0 Å². The van der Waals surface area contributed by atoms with E-state index in [0.29, 0.717) is 30.1 Å². The Labute approximate surface area is 148 Å². The number of hydrogen-bond acceptors (Lipinski definition) is 4. The first-order valence-electron chi connectivity index (χ1n) is 8.15. The largest absolute Gasteiger partial charge is 0.354 e. The first-order valence-corrected chi connectivity index (χ1v) is 8.53. The van der Waals surface area contributed by atoms with E-state index in [1.165, 1.54) is 0 Å². The fourth-order valence-electron chi connectivity index (χ4n) is 2.73. The number of nitrogens with one attached hydrogen (secondary N) is 2. The Morgan fingerprint density at radius 3 is 2.62 bits per heavy atom. The van der Waals surface area contributed by atoms with Crippen LogP contribution in [0.1, 0.15) is 16.8 Å². The van der Waals surface area contributed by atoms with Gasteiger partial charge in [0.1, 0.15) is 0 Å². The van der Waals surface area contributed by atoms with Gasteiger partial charge >= 0.3 is 0 Å². The summed E-state index contributed by atoms with van der Waals surface area (Å²) in [5, 5.41) is 6.03. The molecular weight excluding hydrogens is 328 g/mol. The third-order valence-electron chi connectivity index (χ3n) is 4.25. The quantitative estimate of drug-likeness (QED) is 0.744. The minimum absolute atomic E-state index is 0.00847. The lowest BCUT2D eigenvalue weighted by Gasteiger charge is -2.37. The van der Waals surface area contributed by atoms with Crippen molar-refractivity contribution in [2.45, 2.75) is 12.5 Å². The second-order valence-corrected chi connectivity index (χ2v) is 6.59. The van der Waals surface area contributed by atoms with E-state index in [0.717, 1.165) is 19.6 Å². The normalized spacial score (nSPS) is 19.0. The van der Waals surface area contributed by atoms with Gasteiger partial charge in [0.15, 0.2) is 0 Å². The fourth-order valence-corrected chi connectivity index (χ4v) is 2.95. The van der Waals surface area contributed by atoms with Crippen LogP contribution in [-0.4, -0.2) is 74.5 Å². The summed E-state index contributed by atoms with van der Waals surface area (Å²) in [6.45, 7) is 3.68. The van der Waals surface area contributed by atoms with Gasteiger partial charge in [-0.1, -0.05) is 23.7 Å². The Morgan fingerprint density at radius 2 is 1.88 bits per heavy atom. The molecule has 0 aromatic heterocycles. The Bertz CT molecular complexity index is 581. The minimum atomic E-state index is -0.233. The fraction of sp³-hybridized carbons (Fsp3) is 0.529. The summed E-state index contributed by atoms with van der Waals surface area (Å²) in [6.07, 6.45) is 0.472. The van der Waals surface area contributed by atoms with Crippen molar-refractivity contribution in [3.05, 3.63) is 34.9 Å². The third kappa shape index (κ3) is 5.47. The molecule has 24 heavy (non-hydrogen) atoms. The van der Waals surface area contributed by atoms with Gasteiger partial charge in [-0.05, 0) is 26.2 Å². The van der Waals surface area contributed by atoms with Gasteiger partial charge < -0.3 is 20.4 Å². The molecule has 6 nitrogen and oxygen atoms in total. The van der Waals surface area contributed by atoms with E-state index in [2.05, 4.69) is 34.5 Å². The summed E-state index contributed by atoms with van der Waals surface area (Å²) < 4.78 is 0. The van der Waals surface area contributed by atoms with E-state index in [9.17, 15) is 9.59 Å². The molecule has 2 N–H and O–H groups in total. The van der Waals surface area contributed by atoms with Gasteiger partial charge in [-0.2, -0.15) is 0 Å². The summed E-state index contributed by atoms with van der Waals surface area (Å²) >= 11 is 5.98. The molecule has 0 radical (unpaired) electrons. The van der Waals surface area contributed by atoms with Crippen LogP contribution in [0.4, 0.5) is 0 Å². The topological polar surface area (TPSA) is 64.7 Å². The zero-order valence-corrected chi connectivity index (χ0v) is 15.0. The number of carbonyl (C=O) groups excluding carboxylic acids is 2. The van der Waals surface area contributed by atoms with Crippen molar-refractivity contribution in [2.75, 3.05) is 46.8 Å². The van der Waals surface area contributed by atoms with Gasteiger partial charge in [-0.3, -0.25) is 9.59 Å². The Morgan fingerprint density at radius 1 is 1.17 bits per heavy atom. The summed E-state index contributed by atoms with van der Waals surface area (Å²) in [4.78, 5) is 28.5. The van der Waals surface area contributed by atoms with Crippen molar-refractivity contribution in [3.63, 3.8) is 0 Å². The lowest BCUT2D eigenvalue weighted by atomic mass is 10.1. The monoisotopic (exact) mass is 352 g/mol. The molecule has 1 fully saturated rings. The highest BCUT2D eigenvalue weighted by molar-refractivity contribution is 6.33. The summed E-state index contributed by atoms with van der Waals surface area (Å²) in [7, 11) is 4.12. The lowest BCUT2D eigenvalue weighted by molar-refractivity contribution is -0.122. The SMILES string of the molecule is CN1CCN(C)[C@H](CC(=O)NCCNC(=O)c2ccccc2Cl)C1. The molecule has 0 aliphatic carbocycles. The average molecular weight is 353 g/mol. The number of likely N-dealkylation sites (N-methyl/N-ethyl adjacent to an activating group) is 2. The number of nitrogens with zero attached hydrogens (tertiary/aromatic N) is 2. The molecule has 7 heteroatoms. The number of rotatable bonds is 6. The van der Waals surface area contributed by atoms with Crippen LogP contribution in [0.25, 0.3) is 0 Å². The highest BCUT2D eigenvalue weighted by atomic mass is 35.5. The van der Waals surface area contributed by atoms with Crippen molar-refractivity contribution in [2.24, 2.45) is 0 Å². The van der Waals surface area contributed by atoms with E-state index in [4.69, 9.17) is 11.6 Å². The standard InChI is InChI=1S/C17H25ClN4O2/c1-21-9-10-22(2)13(12-21)11-16(23)19-7-8-20-17(24)14-5-3-4-6-15(14)18/h3-6,13H,7-12H2,1-2H3,(H,19,23)(H,20,24)/t13-/m1/s1. The molecule has 1 atom stereocenters. The van der Waals surface area contributed by atoms with E-state index < -0.39 is 0 Å². The molecule has 0 bridgehead atoms. The van der Waals surface area contributed by atoms with Crippen LogP contribution >= 0.6 is 11.6 Å². The molecule has 1 aliphatic heterocycles. The number of piperazine rings is 1.